The Morgan fingerprint density at radius 2 is 1.94 bits per heavy atom. The van der Waals surface area contributed by atoms with Gasteiger partial charge in [0.05, 0.1) is 28.7 Å². The molecule has 0 bridgehead atoms. The Balaban J connectivity index is 1.69. The number of piperidine rings is 1. The molecular weight excluding hydrogens is 481 g/mol. The molecule has 4 heterocycles. The number of alkyl halides is 2. The Kier molecular flexibility index (Phi) is 5.58. The van der Waals surface area contributed by atoms with Crippen LogP contribution in [0.25, 0.3) is 22.2 Å². The minimum atomic E-state index is -2.92. The standard InChI is InChI=1S/C24H22ClF3N6O/c1-13-30-19-9-20(34-7-6-24(27,28)17(12-34)14-10-29-32(2)11-14)31-22(21(19)23(35)33(13)3)16-5-4-15(25)8-18(16)26/h4-5,8-11,17H,6-7,12H2,1-3H3/t17-/m1/s1. The molecule has 0 radical (unpaired) electrons. The summed E-state index contributed by atoms with van der Waals surface area (Å²) in [6, 6.07) is 5.70. The number of nitrogens with zero attached hydrogens (tertiary/aromatic N) is 6. The van der Waals surface area contributed by atoms with Gasteiger partial charge in [0, 0.05) is 62.0 Å². The zero-order valence-electron chi connectivity index (χ0n) is 19.3. The molecule has 0 spiro atoms. The molecule has 1 atom stereocenters. The van der Waals surface area contributed by atoms with Crippen LogP contribution in [0.1, 0.15) is 23.7 Å². The summed E-state index contributed by atoms with van der Waals surface area (Å²) in [6.07, 6.45) is 2.64. The predicted octanol–water partition coefficient (Wildman–Crippen LogP) is 4.46. The lowest BCUT2D eigenvalue weighted by Gasteiger charge is -2.38. The highest BCUT2D eigenvalue weighted by Crippen LogP contribution is 2.42. The van der Waals surface area contributed by atoms with E-state index in [1.165, 1.54) is 27.6 Å². The first-order chi connectivity index (χ1) is 16.5. The molecule has 1 aliphatic rings. The summed E-state index contributed by atoms with van der Waals surface area (Å²) in [7, 11) is 3.25. The first-order valence-electron chi connectivity index (χ1n) is 11.0. The van der Waals surface area contributed by atoms with Gasteiger partial charge >= 0.3 is 0 Å². The Morgan fingerprint density at radius 3 is 2.63 bits per heavy atom. The topological polar surface area (TPSA) is 68.8 Å². The zero-order chi connectivity index (χ0) is 25.1. The van der Waals surface area contributed by atoms with Crippen molar-refractivity contribution in [2.75, 3.05) is 18.0 Å². The monoisotopic (exact) mass is 502 g/mol. The van der Waals surface area contributed by atoms with E-state index in [0.29, 0.717) is 22.7 Å². The van der Waals surface area contributed by atoms with E-state index in [-0.39, 0.29) is 46.7 Å². The molecule has 0 N–H and O–H groups in total. The molecule has 4 aromatic rings. The van der Waals surface area contributed by atoms with Crippen molar-refractivity contribution in [3.8, 4) is 11.3 Å². The van der Waals surface area contributed by atoms with E-state index < -0.39 is 17.7 Å². The summed E-state index contributed by atoms with van der Waals surface area (Å²) in [6.45, 7) is 1.70. The van der Waals surface area contributed by atoms with Gasteiger partial charge in [-0.2, -0.15) is 5.10 Å². The summed E-state index contributed by atoms with van der Waals surface area (Å²) in [5, 5.41) is 4.39. The summed E-state index contributed by atoms with van der Waals surface area (Å²) < 4.78 is 47.6. The second-order valence-electron chi connectivity index (χ2n) is 8.83. The molecule has 0 aliphatic carbocycles. The number of hydrogen-bond donors (Lipinski definition) is 0. The molecule has 0 saturated carbocycles. The first-order valence-corrected chi connectivity index (χ1v) is 11.4. The van der Waals surface area contributed by atoms with Gasteiger partial charge in [0.1, 0.15) is 17.5 Å². The number of aryl methyl sites for hydroxylation is 2. The van der Waals surface area contributed by atoms with Crippen molar-refractivity contribution in [3.05, 3.63) is 69.2 Å². The highest BCUT2D eigenvalue weighted by Gasteiger charge is 2.45. The van der Waals surface area contributed by atoms with Crippen LogP contribution in [-0.2, 0) is 14.1 Å². The molecule has 5 rings (SSSR count). The first kappa shape index (κ1) is 23.3. The number of fused-ring (bicyclic) bond motifs is 1. The lowest BCUT2D eigenvalue weighted by Crippen LogP contribution is -2.46. The summed E-state index contributed by atoms with van der Waals surface area (Å²) in [5.41, 5.74) is 0.532. The lowest BCUT2D eigenvalue weighted by atomic mass is 9.88. The molecular formula is C24H22ClF3N6O. The quantitative estimate of drug-likeness (QED) is 0.414. The van der Waals surface area contributed by atoms with Crippen LogP contribution in [0.5, 0.6) is 0 Å². The number of halogens is 4. The van der Waals surface area contributed by atoms with E-state index in [1.807, 2.05) is 0 Å². The van der Waals surface area contributed by atoms with Crippen LogP contribution in [0, 0.1) is 12.7 Å². The number of benzene rings is 1. The van der Waals surface area contributed by atoms with E-state index in [2.05, 4.69) is 15.1 Å². The van der Waals surface area contributed by atoms with Gasteiger partial charge in [-0.15, -0.1) is 0 Å². The van der Waals surface area contributed by atoms with Crippen LogP contribution in [0.15, 0.2) is 41.5 Å². The molecule has 1 saturated heterocycles. The Morgan fingerprint density at radius 1 is 1.17 bits per heavy atom. The molecule has 0 unspecified atom stereocenters. The highest BCUT2D eigenvalue weighted by molar-refractivity contribution is 6.30. The average Bonchev–Trinajstić information content (AvgIpc) is 3.22. The highest BCUT2D eigenvalue weighted by atomic mass is 35.5. The van der Waals surface area contributed by atoms with Crippen LogP contribution < -0.4 is 10.5 Å². The molecule has 35 heavy (non-hydrogen) atoms. The Labute approximate surface area is 203 Å². The van der Waals surface area contributed by atoms with E-state index in [0.717, 1.165) is 6.07 Å². The molecule has 7 nitrogen and oxygen atoms in total. The van der Waals surface area contributed by atoms with E-state index in [1.54, 1.807) is 38.2 Å². The van der Waals surface area contributed by atoms with Crippen molar-refractivity contribution in [3.63, 3.8) is 0 Å². The second-order valence-corrected chi connectivity index (χ2v) is 9.26. The van der Waals surface area contributed by atoms with Gasteiger partial charge in [-0.25, -0.2) is 23.1 Å². The van der Waals surface area contributed by atoms with Crippen LogP contribution in [0.4, 0.5) is 19.0 Å². The smallest absolute Gasteiger partial charge is 0.263 e. The van der Waals surface area contributed by atoms with Gasteiger partial charge in [0.15, 0.2) is 0 Å². The van der Waals surface area contributed by atoms with Crippen molar-refractivity contribution in [1.29, 1.82) is 0 Å². The van der Waals surface area contributed by atoms with E-state index in [4.69, 9.17) is 11.6 Å². The molecule has 1 fully saturated rings. The fourth-order valence-corrected chi connectivity index (χ4v) is 4.66. The van der Waals surface area contributed by atoms with Crippen LogP contribution in [0.3, 0.4) is 0 Å². The van der Waals surface area contributed by atoms with Gasteiger partial charge < -0.3 is 4.90 Å². The summed E-state index contributed by atoms with van der Waals surface area (Å²) in [5.74, 6) is -3.88. The van der Waals surface area contributed by atoms with Crippen molar-refractivity contribution in [2.24, 2.45) is 14.1 Å². The minimum absolute atomic E-state index is 0.0242. The molecule has 3 aromatic heterocycles. The van der Waals surface area contributed by atoms with Crippen molar-refractivity contribution in [2.45, 2.75) is 25.2 Å². The number of anilines is 1. The fourth-order valence-electron chi connectivity index (χ4n) is 4.50. The summed E-state index contributed by atoms with van der Waals surface area (Å²) >= 11 is 5.93. The maximum absolute atomic E-state index is 15.0. The Hall–Kier alpha value is -3.40. The molecule has 1 aliphatic heterocycles. The molecule has 0 amide bonds. The van der Waals surface area contributed by atoms with Crippen LogP contribution in [0.2, 0.25) is 5.02 Å². The normalized spacial score (nSPS) is 17.8. The molecule has 1 aromatic carbocycles. The second kappa shape index (κ2) is 8.37. The number of hydrogen-bond acceptors (Lipinski definition) is 5. The van der Waals surface area contributed by atoms with Crippen molar-refractivity contribution >= 4 is 28.3 Å². The third-order valence-corrected chi connectivity index (χ3v) is 6.77. The van der Waals surface area contributed by atoms with Gasteiger partial charge in [-0.1, -0.05) is 11.6 Å². The predicted molar refractivity (Wildman–Crippen MR) is 128 cm³/mol. The van der Waals surface area contributed by atoms with Gasteiger partial charge in [-0.3, -0.25) is 14.0 Å². The maximum atomic E-state index is 15.0. The number of aromatic nitrogens is 5. The number of pyridine rings is 1. The van der Waals surface area contributed by atoms with E-state index >= 15 is 0 Å². The van der Waals surface area contributed by atoms with E-state index in [9.17, 15) is 18.0 Å². The average molecular weight is 503 g/mol. The van der Waals surface area contributed by atoms with Crippen LogP contribution >= 0.6 is 11.6 Å². The van der Waals surface area contributed by atoms with Gasteiger partial charge in [0.2, 0.25) is 0 Å². The van der Waals surface area contributed by atoms with Gasteiger partial charge in [-0.05, 0) is 25.1 Å². The SMILES string of the molecule is Cc1nc2cc(N3CCC(F)(F)[C@@H](c4cnn(C)c4)C3)nc(-c3ccc(Cl)cc3F)c2c(=O)n1C. The van der Waals surface area contributed by atoms with Crippen LogP contribution in [-0.4, -0.2) is 43.3 Å². The zero-order valence-corrected chi connectivity index (χ0v) is 20.0. The fraction of sp³-hybridized carbons (Fsp3) is 0.333. The third-order valence-electron chi connectivity index (χ3n) is 6.54. The van der Waals surface area contributed by atoms with Gasteiger partial charge in [0.25, 0.3) is 11.5 Å². The number of rotatable bonds is 3. The van der Waals surface area contributed by atoms with Crippen molar-refractivity contribution < 1.29 is 13.2 Å². The lowest BCUT2D eigenvalue weighted by molar-refractivity contribution is -0.0424. The van der Waals surface area contributed by atoms with Crippen molar-refractivity contribution in [1.82, 2.24) is 24.3 Å². The third kappa shape index (κ3) is 4.05. The summed E-state index contributed by atoms with van der Waals surface area (Å²) in [4.78, 5) is 24.0. The minimum Gasteiger partial charge on any atom is -0.355 e. The Bertz CT molecular complexity index is 1520. The maximum Gasteiger partial charge on any atom is 0.263 e. The molecule has 182 valence electrons. The molecule has 11 heteroatoms. The largest absolute Gasteiger partial charge is 0.355 e.